The lowest BCUT2D eigenvalue weighted by Crippen LogP contribution is -2.32. The van der Waals surface area contributed by atoms with Crippen LogP contribution < -0.4 is 5.32 Å². The fraction of sp³-hybridized carbons (Fsp3) is 0.600. The summed E-state index contributed by atoms with van der Waals surface area (Å²) in [6, 6.07) is 4.47. The Morgan fingerprint density at radius 3 is 2.68 bits per heavy atom. The van der Waals surface area contributed by atoms with Crippen LogP contribution in [0, 0.1) is 5.82 Å². The maximum Gasteiger partial charge on any atom is 0.123 e. The van der Waals surface area contributed by atoms with Gasteiger partial charge in [0.1, 0.15) is 5.82 Å². The van der Waals surface area contributed by atoms with Gasteiger partial charge in [0.2, 0.25) is 0 Å². The molecule has 1 aromatic rings. The van der Waals surface area contributed by atoms with Crippen LogP contribution >= 0.6 is 11.6 Å². The smallest absolute Gasteiger partial charge is 0.123 e. The van der Waals surface area contributed by atoms with Gasteiger partial charge in [0.15, 0.2) is 0 Å². The van der Waals surface area contributed by atoms with Crippen molar-refractivity contribution in [2.75, 3.05) is 13.7 Å². The summed E-state index contributed by atoms with van der Waals surface area (Å²) < 4.78 is 18.9. The van der Waals surface area contributed by atoms with Gasteiger partial charge in [-0.3, -0.25) is 0 Å². The summed E-state index contributed by atoms with van der Waals surface area (Å²) in [4.78, 5) is 0. The average Bonchev–Trinajstić information content (AvgIpc) is 2.37. The van der Waals surface area contributed by atoms with E-state index in [1.165, 1.54) is 12.1 Å². The zero-order valence-corrected chi connectivity index (χ0v) is 12.9. The number of hydrogen-bond donors (Lipinski definition) is 1. The van der Waals surface area contributed by atoms with Gasteiger partial charge in [-0.05, 0) is 57.0 Å². The van der Waals surface area contributed by atoms with Gasteiger partial charge in [-0.25, -0.2) is 4.39 Å². The number of rotatable bonds is 7. The summed E-state index contributed by atoms with van der Waals surface area (Å²) in [7, 11) is 1.68. The molecule has 2 nitrogen and oxygen atoms in total. The van der Waals surface area contributed by atoms with E-state index in [0.29, 0.717) is 5.02 Å². The third kappa shape index (κ3) is 5.09. The minimum absolute atomic E-state index is 0.0156. The van der Waals surface area contributed by atoms with Gasteiger partial charge in [-0.2, -0.15) is 0 Å². The third-order valence-electron chi connectivity index (χ3n) is 3.22. The number of hydrogen-bond acceptors (Lipinski definition) is 2. The highest BCUT2D eigenvalue weighted by Crippen LogP contribution is 2.31. The van der Waals surface area contributed by atoms with E-state index < -0.39 is 0 Å². The molecular weight excluding hydrogens is 265 g/mol. The molecule has 4 heteroatoms. The lowest BCUT2D eigenvalue weighted by Gasteiger charge is -2.30. The van der Waals surface area contributed by atoms with Crippen molar-refractivity contribution in [3.05, 3.63) is 34.6 Å². The van der Waals surface area contributed by atoms with Gasteiger partial charge < -0.3 is 10.1 Å². The molecule has 1 aromatic carbocycles. The molecule has 0 saturated heterocycles. The molecule has 0 amide bonds. The molecule has 0 aromatic heterocycles. The molecule has 0 aliphatic heterocycles. The standard InChI is InChI=1S/C15H23ClFNO/c1-5-8-18-14(10-15(2,3)19-4)12-9-11(17)6-7-13(12)16/h6-7,9,14,18H,5,8,10H2,1-4H3. The first-order chi connectivity index (χ1) is 8.89. The van der Waals surface area contributed by atoms with Gasteiger partial charge in [-0.15, -0.1) is 0 Å². The Bertz CT molecular complexity index is 409. The summed E-state index contributed by atoms with van der Waals surface area (Å²) in [5, 5.41) is 4.00. The van der Waals surface area contributed by atoms with Crippen molar-refractivity contribution < 1.29 is 9.13 Å². The average molecular weight is 288 g/mol. The van der Waals surface area contributed by atoms with E-state index in [-0.39, 0.29) is 17.5 Å². The Kier molecular flexibility index (Phi) is 6.24. The van der Waals surface area contributed by atoms with Crippen molar-refractivity contribution in [1.29, 1.82) is 0 Å². The Morgan fingerprint density at radius 1 is 1.42 bits per heavy atom. The predicted molar refractivity (Wildman–Crippen MR) is 78.1 cm³/mol. The molecule has 1 N–H and O–H groups in total. The first-order valence-corrected chi connectivity index (χ1v) is 7.01. The van der Waals surface area contributed by atoms with Crippen LogP contribution in [0.1, 0.15) is 45.2 Å². The first kappa shape index (κ1) is 16.4. The normalized spacial score (nSPS) is 13.6. The highest BCUT2D eigenvalue weighted by Gasteiger charge is 2.25. The van der Waals surface area contributed by atoms with E-state index in [2.05, 4.69) is 12.2 Å². The molecule has 0 saturated carbocycles. The molecule has 0 bridgehead atoms. The van der Waals surface area contributed by atoms with Crippen LogP contribution in [0.15, 0.2) is 18.2 Å². The predicted octanol–water partition coefficient (Wildman–Crippen LogP) is 4.33. The summed E-state index contributed by atoms with van der Waals surface area (Å²) in [5.41, 5.74) is 0.501. The molecule has 0 radical (unpaired) electrons. The van der Waals surface area contributed by atoms with E-state index >= 15 is 0 Å². The van der Waals surface area contributed by atoms with Crippen molar-refractivity contribution in [3.8, 4) is 0 Å². The molecule has 0 spiro atoms. The molecule has 1 atom stereocenters. The zero-order valence-electron chi connectivity index (χ0n) is 12.1. The van der Waals surface area contributed by atoms with Crippen LogP contribution in [-0.4, -0.2) is 19.3 Å². The second-order valence-electron chi connectivity index (χ2n) is 5.34. The fourth-order valence-corrected chi connectivity index (χ4v) is 2.22. The van der Waals surface area contributed by atoms with Crippen molar-refractivity contribution in [2.24, 2.45) is 0 Å². The molecule has 0 heterocycles. The molecule has 0 aliphatic carbocycles. The minimum Gasteiger partial charge on any atom is -0.379 e. The molecule has 108 valence electrons. The van der Waals surface area contributed by atoms with E-state index in [4.69, 9.17) is 16.3 Å². The topological polar surface area (TPSA) is 21.3 Å². The lowest BCUT2D eigenvalue weighted by atomic mass is 9.93. The van der Waals surface area contributed by atoms with Gasteiger partial charge >= 0.3 is 0 Å². The molecule has 1 unspecified atom stereocenters. The minimum atomic E-state index is -0.291. The van der Waals surface area contributed by atoms with Crippen LogP contribution in [0.4, 0.5) is 4.39 Å². The highest BCUT2D eigenvalue weighted by atomic mass is 35.5. The largest absolute Gasteiger partial charge is 0.379 e. The first-order valence-electron chi connectivity index (χ1n) is 6.63. The SMILES string of the molecule is CCCNC(CC(C)(C)OC)c1cc(F)ccc1Cl. The second-order valence-corrected chi connectivity index (χ2v) is 5.75. The van der Waals surface area contributed by atoms with Crippen LogP contribution in [0.3, 0.4) is 0 Å². The molecule has 19 heavy (non-hydrogen) atoms. The van der Waals surface area contributed by atoms with E-state index in [0.717, 1.165) is 24.9 Å². The van der Waals surface area contributed by atoms with Crippen molar-refractivity contribution >= 4 is 11.6 Å². The third-order valence-corrected chi connectivity index (χ3v) is 3.57. The summed E-state index contributed by atoms with van der Waals surface area (Å²) in [6.07, 6.45) is 1.74. The zero-order chi connectivity index (χ0) is 14.5. The summed E-state index contributed by atoms with van der Waals surface area (Å²) in [5.74, 6) is -0.266. The Balaban J connectivity index is 2.98. The number of benzene rings is 1. The number of ether oxygens (including phenoxy) is 1. The Labute approximate surface area is 120 Å². The number of halogens is 2. The molecule has 0 fully saturated rings. The fourth-order valence-electron chi connectivity index (χ4n) is 1.97. The van der Waals surface area contributed by atoms with Crippen LogP contribution in [0.5, 0.6) is 0 Å². The van der Waals surface area contributed by atoms with Gasteiger partial charge in [0.05, 0.1) is 5.60 Å². The van der Waals surface area contributed by atoms with Crippen LogP contribution in [0.2, 0.25) is 5.02 Å². The number of nitrogens with one attached hydrogen (secondary N) is 1. The highest BCUT2D eigenvalue weighted by molar-refractivity contribution is 6.31. The molecule has 1 rings (SSSR count). The van der Waals surface area contributed by atoms with Crippen molar-refractivity contribution in [2.45, 2.75) is 45.3 Å². The van der Waals surface area contributed by atoms with Gasteiger partial charge in [0, 0.05) is 18.2 Å². The van der Waals surface area contributed by atoms with Gasteiger partial charge in [0.25, 0.3) is 0 Å². The Hall–Kier alpha value is -0.640. The van der Waals surface area contributed by atoms with Crippen molar-refractivity contribution in [3.63, 3.8) is 0 Å². The molecular formula is C15H23ClFNO. The number of methoxy groups -OCH3 is 1. The maximum absolute atomic E-state index is 13.4. The van der Waals surface area contributed by atoms with Crippen LogP contribution in [-0.2, 0) is 4.74 Å². The quantitative estimate of drug-likeness (QED) is 0.806. The maximum atomic E-state index is 13.4. The molecule has 0 aliphatic rings. The Morgan fingerprint density at radius 2 is 2.11 bits per heavy atom. The van der Waals surface area contributed by atoms with Gasteiger partial charge in [-0.1, -0.05) is 18.5 Å². The van der Waals surface area contributed by atoms with E-state index in [9.17, 15) is 4.39 Å². The second kappa shape index (κ2) is 7.22. The monoisotopic (exact) mass is 287 g/mol. The summed E-state index contributed by atoms with van der Waals surface area (Å²) >= 11 is 6.19. The van der Waals surface area contributed by atoms with Crippen LogP contribution in [0.25, 0.3) is 0 Å². The lowest BCUT2D eigenvalue weighted by molar-refractivity contribution is 0.00683. The van der Waals surface area contributed by atoms with Crippen molar-refractivity contribution in [1.82, 2.24) is 5.32 Å². The van der Waals surface area contributed by atoms with E-state index in [1.807, 2.05) is 13.8 Å². The van der Waals surface area contributed by atoms with E-state index in [1.54, 1.807) is 13.2 Å². The summed E-state index contributed by atoms with van der Waals surface area (Å²) in [6.45, 7) is 6.98.